The van der Waals surface area contributed by atoms with Crippen molar-refractivity contribution in [1.82, 2.24) is 5.32 Å². The molecule has 2 N–H and O–H groups in total. The fourth-order valence-electron chi connectivity index (χ4n) is 1.47. The molecule has 0 aliphatic carbocycles. The molecule has 4 nitrogen and oxygen atoms in total. The second-order valence-corrected chi connectivity index (χ2v) is 4.84. The van der Waals surface area contributed by atoms with Crippen LogP contribution in [0.2, 0.25) is 0 Å². The predicted octanol–water partition coefficient (Wildman–Crippen LogP) is 0.397. The van der Waals surface area contributed by atoms with E-state index in [1.54, 1.807) is 11.8 Å². The molecule has 1 rings (SSSR count). The molecule has 88 valence electrons. The molecular weight excluding hydrogens is 214 g/mol. The number of thioether (sulfide) groups is 1. The molecule has 15 heavy (non-hydrogen) atoms. The van der Waals surface area contributed by atoms with Gasteiger partial charge in [-0.05, 0) is 6.26 Å². The summed E-state index contributed by atoms with van der Waals surface area (Å²) in [7, 11) is 0. The van der Waals surface area contributed by atoms with Gasteiger partial charge in [0, 0.05) is 44.8 Å². The fraction of sp³-hybridized carbons (Fsp3) is 0.900. The van der Waals surface area contributed by atoms with Gasteiger partial charge >= 0.3 is 0 Å². The molecule has 0 bridgehead atoms. The number of rotatable bonds is 5. The van der Waals surface area contributed by atoms with Crippen molar-refractivity contribution in [2.24, 2.45) is 0 Å². The van der Waals surface area contributed by atoms with Crippen LogP contribution in [0.3, 0.4) is 0 Å². The molecule has 0 aromatic heterocycles. The number of carbonyl (C=O) groups excluding carboxylic acids is 1. The lowest BCUT2D eigenvalue weighted by molar-refractivity contribution is -0.123. The molecular formula is C10H19NO3S. The number of nitrogens with one attached hydrogen (secondary N) is 1. The highest BCUT2D eigenvalue weighted by Gasteiger charge is 2.29. The van der Waals surface area contributed by atoms with Gasteiger partial charge in [-0.2, -0.15) is 11.8 Å². The number of amides is 1. The minimum Gasteiger partial charge on any atom is -0.388 e. The molecule has 1 aliphatic heterocycles. The minimum atomic E-state index is -0.757. The lowest BCUT2D eigenvalue weighted by Gasteiger charge is -2.32. The number of hydrogen-bond donors (Lipinski definition) is 2. The van der Waals surface area contributed by atoms with Gasteiger partial charge in [0.05, 0.1) is 5.60 Å². The van der Waals surface area contributed by atoms with E-state index in [0.717, 1.165) is 5.75 Å². The van der Waals surface area contributed by atoms with Crippen LogP contribution in [0.15, 0.2) is 0 Å². The number of hydrogen-bond acceptors (Lipinski definition) is 4. The van der Waals surface area contributed by atoms with Crippen molar-refractivity contribution in [3.63, 3.8) is 0 Å². The van der Waals surface area contributed by atoms with Gasteiger partial charge in [0.15, 0.2) is 0 Å². The fourth-order valence-corrected chi connectivity index (χ4v) is 1.86. The molecule has 1 heterocycles. The van der Waals surface area contributed by atoms with Crippen LogP contribution in [0, 0.1) is 0 Å². The van der Waals surface area contributed by atoms with Gasteiger partial charge in [0.2, 0.25) is 5.91 Å². The highest BCUT2D eigenvalue weighted by atomic mass is 32.2. The van der Waals surface area contributed by atoms with Gasteiger partial charge in [-0.15, -0.1) is 0 Å². The van der Waals surface area contributed by atoms with Crippen LogP contribution in [-0.4, -0.2) is 48.4 Å². The molecule has 0 spiro atoms. The Bertz CT molecular complexity index is 205. The molecule has 0 radical (unpaired) electrons. The summed E-state index contributed by atoms with van der Waals surface area (Å²) in [4.78, 5) is 11.3. The maximum absolute atomic E-state index is 11.3. The van der Waals surface area contributed by atoms with Crippen molar-refractivity contribution in [3.05, 3.63) is 0 Å². The van der Waals surface area contributed by atoms with Gasteiger partial charge < -0.3 is 15.2 Å². The Morgan fingerprint density at radius 1 is 1.53 bits per heavy atom. The Morgan fingerprint density at radius 2 is 2.20 bits per heavy atom. The average molecular weight is 233 g/mol. The van der Waals surface area contributed by atoms with Crippen LogP contribution in [0.25, 0.3) is 0 Å². The summed E-state index contributed by atoms with van der Waals surface area (Å²) in [6.45, 7) is 1.51. The highest BCUT2D eigenvalue weighted by molar-refractivity contribution is 7.98. The molecule has 1 saturated heterocycles. The van der Waals surface area contributed by atoms with Gasteiger partial charge in [0.25, 0.3) is 0 Å². The number of ether oxygens (including phenoxy) is 1. The van der Waals surface area contributed by atoms with E-state index in [2.05, 4.69) is 5.32 Å². The Kier molecular flexibility index (Phi) is 5.42. The maximum Gasteiger partial charge on any atom is 0.220 e. The second-order valence-electron chi connectivity index (χ2n) is 3.86. The van der Waals surface area contributed by atoms with Gasteiger partial charge in [-0.3, -0.25) is 4.79 Å². The van der Waals surface area contributed by atoms with E-state index < -0.39 is 5.60 Å². The van der Waals surface area contributed by atoms with E-state index in [4.69, 9.17) is 4.74 Å². The molecule has 0 saturated carbocycles. The van der Waals surface area contributed by atoms with Crippen LogP contribution >= 0.6 is 11.8 Å². The summed E-state index contributed by atoms with van der Waals surface area (Å²) in [6, 6.07) is 0. The van der Waals surface area contributed by atoms with E-state index in [1.165, 1.54) is 0 Å². The molecule has 0 unspecified atom stereocenters. The third-order valence-electron chi connectivity index (χ3n) is 2.57. The zero-order chi connectivity index (χ0) is 11.1. The number of carbonyl (C=O) groups is 1. The summed E-state index contributed by atoms with van der Waals surface area (Å²) in [5.41, 5.74) is -0.757. The smallest absolute Gasteiger partial charge is 0.220 e. The van der Waals surface area contributed by atoms with Crippen molar-refractivity contribution in [2.45, 2.75) is 24.9 Å². The lowest BCUT2D eigenvalue weighted by Crippen LogP contribution is -2.46. The van der Waals surface area contributed by atoms with Crippen molar-refractivity contribution in [2.75, 3.05) is 31.8 Å². The Hall–Kier alpha value is -0.260. The van der Waals surface area contributed by atoms with Crippen LogP contribution in [0.5, 0.6) is 0 Å². The van der Waals surface area contributed by atoms with E-state index >= 15 is 0 Å². The van der Waals surface area contributed by atoms with Crippen LogP contribution in [0.4, 0.5) is 0 Å². The second kappa shape index (κ2) is 6.35. The summed E-state index contributed by atoms with van der Waals surface area (Å²) >= 11 is 1.65. The summed E-state index contributed by atoms with van der Waals surface area (Å²) in [5.74, 6) is 0.845. The monoisotopic (exact) mass is 233 g/mol. The standard InChI is InChI=1S/C10H19NO3S/c1-15-7-2-9(12)11-8-10(13)3-5-14-6-4-10/h13H,2-8H2,1H3,(H,11,12). The van der Waals surface area contributed by atoms with Gasteiger partial charge in [0.1, 0.15) is 0 Å². The molecule has 0 aromatic carbocycles. The predicted molar refractivity (Wildman–Crippen MR) is 61.0 cm³/mol. The van der Waals surface area contributed by atoms with Crippen molar-refractivity contribution >= 4 is 17.7 Å². The first kappa shape index (κ1) is 12.8. The Morgan fingerprint density at radius 3 is 2.80 bits per heavy atom. The molecule has 1 fully saturated rings. The van der Waals surface area contributed by atoms with Gasteiger partial charge in [-0.25, -0.2) is 0 Å². The summed E-state index contributed by atoms with van der Waals surface area (Å²) in [6.07, 6.45) is 3.71. The average Bonchev–Trinajstić information content (AvgIpc) is 2.25. The molecule has 0 atom stereocenters. The van der Waals surface area contributed by atoms with Gasteiger partial charge in [-0.1, -0.05) is 0 Å². The minimum absolute atomic E-state index is 0.0178. The van der Waals surface area contributed by atoms with Crippen molar-refractivity contribution in [3.8, 4) is 0 Å². The van der Waals surface area contributed by atoms with Crippen LogP contribution < -0.4 is 5.32 Å². The summed E-state index contributed by atoms with van der Waals surface area (Å²) in [5, 5.41) is 12.8. The zero-order valence-electron chi connectivity index (χ0n) is 9.12. The maximum atomic E-state index is 11.3. The Balaban J connectivity index is 2.19. The van der Waals surface area contributed by atoms with Crippen LogP contribution in [-0.2, 0) is 9.53 Å². The van der Waals surface area contributed by atoms with E-state index in [9.17, 15) is 9.90 Å². The van der Waals surface area contributed by atoms with E-state index in [0.29, 0.717) is 39.0 Å². The first-order valence-corrected chi connectivity index (χ1v) is 6.61. The van der Waals surface area contributed by atoms with Crippen LogP contribution in [0.1, 0.15) is 19.3 Å². The quantitative estimate of drug-likeness (QED) is 0.721. The molecule has 5 heteroatoms. The number of aliphatic hydroxyl groups is 1. The topological polar surface area (TPSA) is 58.6 Å². The first-order chi connectivity index (χ1) is 7.16. The molecule has 0 aromatic rings. The third kappa shape index (κ3) is 4.86. The highest BCUT2D eigenvalue weighted by Crippen LogP contribution is 2.19. The first-order valence-electron chi connectivity index (χ1n) is 5.22. The van der Waals surface area contributed by atoms with E-state index in [-0.39, 0.29) is 5.91 Å². The zero-order valence-corrected chi connectivity index (χ0v) is 9.94. The van der Waals surface area contributed by atoms with E-state index in [1.807, 2.05) is 6.26 Å². The third-order valence-corrected chi connectivity index (χ3v) is 3.18. The van der Waals surface area contributed by atoms with Crippen molar-refractivity contribution in [1.29, 1.82) is 0 Å². The normalized spacial score (nSPS) is 19.9. The lowest BCUT2D eigenvalue weighted by atomic mass is 9.94. The SMILES string of the molecule is CSCCC(=O)NCC1(O)CCOCC1. The molecule has 1 aliphatic rings. The Labute approximate surface area is 94.8 Å². The molecule has 1 amide bonds. The summed E-state index contributed by atoms with van der Waals surface area (Å²) < 4.78 is 5.16. The largest absolute Gasteiger partial charge is 0.388 e. The van der Waals surface area contributed by atoms with Crippen molar-refractivity contribution < 1.29 is 14.6 Å².